The fourth-order valence-corrected chi connectivity index (χ4v) is 3.31. The molecule has 0 unspecified atom stereocenters. The third-order valence-corrected chi connectivity index (χ3v) is 4.84. The van der Waals surface area contributed by atoms with Gasteiger partial charge in [0.05, 0.1) is 13.2 Å². The summed E-state index contributed by atoms with van der Waals surface area (Å²) < 4.78 is 11.5. The number of piperazine rings is 1. The third-order valence-electron chi connectivity index (χ3n) is 4.34. The highest BCUT2D eigenvalue weighted by molar-refractivity contribution is 9.10. The number of nitrogens with zero attached hydrogens (tertiary/aromatic N) is 2. The molecule has 1 aliphatic heterocycles. The van der Waals surface area contributed by atoms with Crippen molar-refractivity contribution < 1.29 is 18.7 Å². The maximum absolute atomic E-state index is 12.7. The van der Waals surface area contributed by atoms with Crippen molar-refractivity contribution in [3.8, 4) is 0 Å². The number of rotatable bonds is 6. The fourth-order valence-electron chi connectivity index (χ4n) is 2.94. The Labute approximate surface area is 160 Å². The Morgan fingerprint density at radius 2 is 2.00 bits per heavy atom. The van der Waals surface area contributed by atoms with Gasteiger partial charge in [-0.1, -0.05) is 15.9 Å². The molecule has 2 aromatic rings. The number of furan rings is 1. The number of hydrogen-bond donors (Lipinski definition) is 1. The molecule has 0 bridgehead atoms. The fraction of sp³-hybridized carbons (Fsp3) is 0.444. The first-order valence-electron chi connectivity index (χ1n) is 8.53. The Hall–Kier alpha value is -1.90. The van der Waals surface area contributed by atoms with E-state index in [-0.39, 0.29) is 11.8 Å². The van der Waals surface area contributed by atoms with Crippen molar-refractivity contribution in [3.05, 3.63) is 34.5 Å². The van der Waals surface area contributed by atoms with Gasteiger partial charge in [-0.15, -0.1) is 0 Å². The summed E-state index contributed by atoms with van der Waals surface area (Å²) in [5.74, 6) is 0.218. The summed E-state index contributed by atoms with van der Waals surface area (Å²) in [6.07, 6.45) is 0. The quantitative estimate of drug-likeness (QED) is 0.715. The number of benzene rings is 1. The maximum Gasteiger partial charge on any atom is 0.289 e. The number of carbonyl (C=O) groups excluding carboxylic acids is 2. The molecule has 0 radical (unpaired) electrons. The van der Waals surface area contributed by atoms with E-state index in [2.05, 4.69) is 21.2 Å². The Bertz CT molecular complexity index is 784. The number of carbonyl (C=O) groups is 2. The van der Waals surface area contributed by atoms with E-state index in [1.54, 1.807) is 18.1 Å². The molecule has 1 saturated heterocycles. The van der Waals surface area contributed by atoms with Crippen LogP contribution in [0, 0.1) is 0 Å². The van der Waals surface area contributed by atoms with Crippen LogP contribution in [0.3, 0.4) is 0 Å². The summed E-state index contributed by atoms with van der Waals surface area (Å²) in [6.45, 7) is 3.82. The summed E-state index contributed by atoms with van der Waals surface area (Å²) in [5.41, 5.74) is 0.697. The number of fused-ring (bicyclic) bond motifs is 1. The summed E-state index contributed by atoms with van der Waals surface area (Å²) >= 11 is 3.42. The molecule has 1 fully saturated rings. The minimum Gasteiger partial charge on any atom is -0.451 e. The van der Waals surface area contributed by atoms with Gasteiger partial charge in [-0.25, -0.2) is 0 Å². The van der Waals surface area contributed by atoms with Gasteiger partial charge in [0.1, 0.15) is 5.58 Å². The Morgan fingerprint density at radius 3 is 2.73 bits per heavy atom. The molecule has 140 valence electrons. The molecule has 0 spiro atoms. The van der Waals surface area contributed by atoms with Crippen molar-refractivity contribution in [3.63, 3.8) is 0 Å². The van der Waals surface area contributed by atoms with E-state index in [1.807, 2.05) is 23.1 Å². The molecule has 0 saturated carbocycles. The Balaban J connectivity index is 1.52. The van der Waals surface area contributed by atoms with Gasteiger partial charge in [-0.05, 0) is 24.3 Å². The highest BCUT2D eigenvalue weighted by Crippen LogP contribution is 2.24. The second kappa shape index (κ2) is 8.66. The summed E-state index contributed by atoms with van der Waals surface area (Å²) in [4.78, 5) is 28.3. The lowest BCUT2D eigenvalue weighted by Crippen LogP contribution is -2.51. The summed E-state index contributed by atoms with van der Waals surface area (Å²) in [5, 5.41) is 3.70. The lowest BCUT2D eigenvalue weighted by atomic mass is 10.2. The number of ether oxygens (including phenoxy) is 1. The predicted molar refractivity (Wildman–Crippen MR) is 101 cm³/mol. The second-order valence-electron chi connectivity index (χ2n) is 6.20. The van der Waals surface area contributed by atoms with Crippen LogP contribution in [0.1, 0.15) is 10.6 Å². The number of nitrogens with one attached hydrogen (secondary N) is 1. The number of hydrogen-bond acceptors (Lipinski definition) is 5. The first kappa shape index (κ1) is 18.9. The third kappa shape index (κ3) is 4.63. The molecule has 1 aromatic heterocycles. The van der Waals surface area contributed by atoms with Crippen molar-refractivity contribution >= 4 is 38.7 Å². The predicted octanol–water partition coefficient (Wildman–Crippen LogP) is 1.72. The average Bonchev–Trinajstić information content (AvgIpc) is 3.05. The minimum absolute atomic E-state index is 0.0234. The average molecular weight is 424 g/mol. The molecule has 3 rings (SSSR count). The van der Waals surface area contributed by atoms with Gasteiger partial charge in [-0.2, -0.15) is 0 Å². The summed E-state index contributed by atoms with van der Waals surface area (Å²) in [7, 11) is 1.60. The molecule has 0 atom stereocenters. The molecule has 0 aliphatic carbocycles. The Morgan fingerprint density at radius 1 is 1.23 bits per heavy atom. The zero-order valence-electron chi connectivity index (χ0n) is 14.7. The van der Waals surface area contributed by atoms with Crippen LogP contribution in [-0.2, 0) is 9.53 Å². The van der Waals surface area contributed by atoms with Crippen LogP contribution < -0.4 is 5.32 Å². The van der Waals surface area contributed by atoms with Crippen LogP contribution in [-0.4, -0.2) is 74.6 Å². The zero-order chi connectivity index (χ0) is 18.5. The van der Waals surface area contributed by atoms with Crippen molar-refractivity contribution in [1.82, 2.24) is 15.1 Å². The van der Waals surface area contributed by atoms with E-state index in [0.717, 1.165) is 9.86 Å². The molecule has 1 N–H and O–H groups in total. The van der Waals surface area contributed by atoms with Crippen molar-refractivity contribution in [1.29, 1.82) is 0 Å². The van der Waals surface area contributed by atoms with E-state index in [0.29, 0.717) is 57.2 Å². The largest absolute Gasteiger partial charge is 0.451 e. The first-order valence-corrected chi connectivity index (χ1v) is 9.32. The van der Waals surface area contributed by atoms with Crippen molar-refractivity contribution in [2.45, 2.75) is 0 Å². The minimum atomic E-state index is -0.110. The number of halogens is 1. The second-order valence-corrected chi connectivity index (χ2v) is 7.12. The molecular formula is C18H22BrN3O4. The van der Waals surface area contributed by atoms with Gasteiger partial charge in [-0.3, -0.25) is 14.5 Å². The van der Waals surface area contributed by atoms with Gasteiger partial charge in [0.15, 0.2) is 5.76 Å². The zero-order valence-corrected chi connectivity index (χ0v) is 16.3. The lowest BCUT2D eigenvalue weighted by Gasteiger charge is -2.33. The van der Waals surface area contributed by atoms with Gasteiger partial charge in [0.2, 0.25) is 5.91 Å². The van der Waals surface area contributed by atoms with Gasteiger partial charge >= 0.3 is 0 Å². The molecule has 1 aliphatic rings. The van der Waals surface area contributed by atoms with E-state index >= 15 is 0 Å². The number of methoxy groups -OCH3 is 1. The van der Waals surface area contributed by atoms with Crippen LogP contribution in [0.25, 0.3) is 11.0 Å². The highest BCUT2D eigenvalue weighted by atomic mass is 79.9. The van der Waals surface area contributed by atoms with Gasteiger partial charge in [0, 0.05) is 49.7 Å². The SMILES string of the molecule is COCCNC(=O)CN1CCN(C(=O)c2cc3cc(Br)ccc3o2)CC1. The lowest BCUT2D eigenvalue weighted by molar-refractivity contribution is -0.122. The molecule has 1 aromatic carbocycles. The molecule has 26 heavy (non-hydrogen) atoms. The van der Waals surface area contributed by atoms with Crippen LogP contribution in [0.2, 0.25) is 0 Å². The molecule has 2 amide bonds. The van der Waals surface area contributed by atoms with Gasteiger partial charge < -0.3 is 19.4 Å². The van der Waals surface area contributed by atoms with E-state index in [1.165, 1.54) is 0 Å². The topological polar surface area (TPSA) is 75.0 Å². The highest BCUT2D eigenvalue weighted by Gasteiger charge is 2.25. The normalized spacial score (nSPS) is 15.4. The van der Waals surface area contributed by atoms with Gasteiger partial charge in [0.25, 0.3) is 5.91 Å². The van der Waals surface area contributed by atoms with Crippen LogP contribution in [0.4, 0.5) is 0 Å². The Kier molecular flexibility index (Phi) is 6.29. The van der Waals surface area contributed by atoms with Crippen LogP contribution in [0.15, 0.2) is 33.2 Å². The van der Waals surface area contributed by atoms with Crippen LogP contribution in [0.5, 0.6) is 0 Å². The monoisotopic (exact) mass is 423 g/mol. The number of amides is 2. The smallest absolute Gasteiger partial charge is 0.289 e. The maximum atomic E-state index is 12.7. The molecule has 2 heterocycles. The van der Waals surface area contributed by atoms with E-state index in [4.69, 9.17) is 9.15 Å². The van der Waals surface area contributed by atoms with Crippen molar-refractivity contribution in [2.24, 2.45) is 0 Å². The molecule has 8 heteroatoms. The van der Waals surface area contributed by atoms with E-state index < -0.39 is 0 Å². The van der Waals surface area contributed by atoms with Crippen LogP contribution >= 0.6 is 15.9 Å². The van der Waals surface area contributed by atoms with E-state index in [9.17, 15) is 9.59 Å². The first-order chi connectivity index (χ1) is 12.6. The standard InChI is InChI=1S/C18H22BrN3O4/c1-25-9-4-20-17(23)12-21-5-7-22(8-6-21)18(24)16-11-13-10-14(19)2-3-15(13)26-16/h2-3,10-11H,4-9,12H2,1H3,(H,20,23). The van der Waals surface area contributed by atoms with Crippen molar-refractivity contribution in [2.75, 3.05) is 53.0 Å². The molecule has 7 nitrogen and oxygen atoms in total. The molecular weight excluding hydrogens is 402 g/mol. The summed E-state index contributed by atoms with van der Waals surface area (Å²) in [6, 6.07) is 7.43.